The number of rotatable bonds is 3. The average Bonchev–Trinajstić information content (AvgIpc) is 2.96. The van der Waals surface area contributed by atoms with Gasteiger partial charge in [-0.15, -0.1) is 0 Å². The predicted octanol–water partition coefficient (Wildman–Crippen LogP) is 4.38. The molecule has 2 aromatic carbocycles. The molecule has 2 aromatic rings. The van der Waals surface area contributed by atoms with Gasteiger partial charge in [-0.05, 0) is 35.8 Å². The molecule has 0 aliphatic carbocycles. The van der Waals surface area contributed by atoms with Crippen LogP contribution in [-0.4, -0.2) is 23.5 Å². The Morgan fingerprint density at radius 2 is 2.00 bits per heavy atom. The second-order valence-electron chi connectivity index (χ2n) is 5.57. The molecule has 0 saturated carbocycles. The van der Waals surface area contributed by atoms with E-state index in [0.717, 1.165) is 21.6 Å². The number of hydrogen-bond acceptors (Lipinski definition) is 3. The van der Waals surface area contributed by atoms with Crippen molar-refractivity contribution >= 4 is 29.7 Å². The third kappa shape index (κ3) is 3.34. The molecule has 0 bridgehead atoms. The highest BCUT2D eigenvalue weighted by Crippen LogP contribution is 2.28. The number of amides is 2. The Balaban J connectivity index is 1.82. The lowest BCUT2D eigenvalue weighted by Crippen LogP contribution is -2.32. The Hall–Kier alpha value is -2.59. The molecule has 24 heavy (non-hydrogen) atoms. The Labute approximate surface area is 145 Å². The third-order valence-electron chi connectivity index (χ3n) is 3.86. The van der Waals surface area contributed by atoms with E-state index in [9.17, 15) is 9.59 Å². The number of halogens is 1. The number of cyclic esters (lactones) is 1. The van der Waals surface area contributed by atoms with Crippen molar-refractivity contribution in [2.24, 2.45) is 0 Å². The van der Waals surface area contributed by atoms with Crippen molar-refractivity contribution in [1.82, 2.24) is 4.90 Å². The Morgan fingerprint density at radius 1 is 1.25 bits per heavy atom. The molecule has 2 amide bonds. The summed E-state index contributed by atoms with van der Waals surface area (Å²) < 4.78 is 5.05. The molecule has 1 aliphatic rings. The molecule has 122 valence electrons. The van der Waals surface area contributed by atoms with Gasteiger partial charge in [-0.1, -0.05) is 54.1 Å². The molecular weight excluding hydrogens is 326 g/mol. The van der Waals surface area contributed by atoms with Crippen molar-refractivity contribution in [1.29, 1.82) is 0 Å². The topological polar surface area (TPSA) is 46.6 Å². The van der Waals surface area contributed by atoms with Crippen molar-refractivity contribution in [3.63, 3.8) is 0 Å². The first-order valence-electron chi connectivity index (χ1n) is 7.55. The maximum atomic E-state index is 12.5. The highest BCUT2D eigenvalue weighted by atomic mass is 35.5. The van der Waals surface area contributed by atoms with E-state index in [1.807, 2.05) is 55.5 Å². The largest absolute Gasteiger partial charge is 0.446 e. The van der Waals surface area contributed by atoms with Gasteiger partial charge in [-0.2, -0.15) is 0 Å². The molecule has 1 heterocycles. The number of carbonyl (C=O) groups is 2. The summed E-state index contributed by atoms with van der Waals surface area (Å²) in [6.45, 7) is 2.10. The first kappa shape index (κ1) is 16.3. The van der Waals surface area contributed by atoms with E-state index in [1.165, 1.54) is 6.08 Å². The average molecular weight is 342 g/mol. The van der Waals surface area contributed by atoms with Gasteiger partial charge < -0.3 is 4.74 Å². The molecule has 0 unspecified atom stereocenters. The van der Waals surface area contributed by atoms with Crippen LogP contribution in [0.5, 0.6) is 0 Å². The number of imide groups is 1. The van der Waals surface area contributed by atoms with Crippen LogP contribution in [0, 0.1) is 6.92 Å². The summed E-state index contributed by atoms with van der Waals surface area (Å²) in [5, 5.41) is 0.558. The van der Waals surface area contributed by atoms with Crippen molar-refractivity contribution in [3.05, 3.63) is 76.3 Å². The number of ether oxygens (including phenoxy) is 1. The number of aryl methyl sites for hydroxylation is 1. The molecule has 3 rings (SSSR count). The van der Waals surface area contributed by atoms with E-state index in [4.69, 9.17) is 16.3 Å². The molecule has 5 heteroatoms. The molecular formula is C19H16ClNO3. The summed E-state index contributed by atoms with van der Waals surface area (Å²) in [5.74, 6) is -0.428. The number of carbonyl (C=O) groups excluding carboxylic acids is 2. The lowest BCUT2D eigenvalue weighted by Gasteiger charge is -2.18. The second kappa shape index (κ2) is 6.89. The van der Waals surface area contributed by atoms with E-state index < -0.39 is 18.0 Å². The standard InChI is InChI=1S/C19H16ClNO3/c1-13-7-8-14(16(20)11-13)9-10-18(22)21-17(12-24-19(21)23)15-5-3-2-4-6-15/h2-11,17H,12H2,1H3/b10-9+/t17-/m0/s1. The minimum atomic E-state index is -0.631. The molecule has 1 atom stereocenters. The summed E-state index contributed by atoms with van der Waals surface area (Å²) in [4.78, 5) is 25.6. The van der Waals surface area contributed by atoms with E-state index >= 15 is 0 Å². The van der Waals surface area contributed by atoms with Crippen LogP contribution in [0.2, 0.25) is 5.02 Å². The Morgan fingerprint density at radius 3 is 2.71 bits per heavy atom. The zero-order valence-electron chi connectivity index (χ0n) is 13.1. The zero-order chi connectivity index (χ0) is 17.1. The fourth-order valence-electron chi connectivity index (χ4n) is 2.59. The van der Waals surface area contributed by atoms with Crippen LogP contribution in [0.3, 0.4) is 0 Å². The minimum Gasteiger partial charge on any atom is -0.446 e. The number of nitrogens with zero attached hydrogens (tertiary/aromatic N) is 1. The summed E-state index contributed by atoms with van der Waals surface area (Å²) in [6.07, 6.45) is 2.32. The molecule has 0 spiro atoms. The van der Waals surface area contributed by atoms with Gasteiger partial charge >= 0.3 is 6.09 Å². The van der Waals surface area contributed by atoms with Gasteiger partial charge in [-0.25, -0.2) is 9.69 Å². The quantitative estimate of drug-likeness (QED) is 0.778. The molecule has 1 fully saturated rings. The van der Waals surface area contributed by atoms with E-state index in [0.29, 0.717) is 5.02 Å². The monoisotopic (exact) mass is 341 g/mol. The Kier molecular flexibility index (Phi) is 4.67. The van der Waals surface area contributed by atoms with Gasteiger partial charge in [0.25, 0.3) is 5.91 Å². The van der Waals surface area contributed by atoms with Crippen molar-refractivity contribution in [2.75, 3.05) is 6.61 Å². The van der Waals surface area contributed by atoms with Crippen LogP contribution in [0.1, 0.15) is 22.7 Å². The van der Waals surface area contributed by atoms with Gasteiger partial charge in [0, 0.05) is 11.1 Å². The highest BCUT2D eigenvalue weighted by Gasteiger charge is 2.37. The molecule has 0 aromatic heterocycles. The van der Waals surface area contributed by atoms with Crippen molar-refractivity contribution < 1.29 is 14.3 Å². The fourth-order valence-corrected chi connectivity index (χ4v) is 2.89. The van der Waals surface area contributed by atoms with Crippen LogP contribution >= 0.6 is 11.6 Å². The van der Waals surface area contributed by atoms with Crippen LogP contribution in [0.25, 0.3) is 6.08 Å². The van der Waals surface area contributed by atoms with Gasteiger partial charge in [0.2, 0.25) is 0 Å². The van der Waals surface area contributed by atoms with Crippen molar-refractivity contribution in [3.8, 4) is 0 Å². The summed E-state index contributed by atoms with van der Waals surface area (Å²) in [7, 11) is 0. The number of benzene rings is 2. The SMILES string of the molecule is Cc1ccc(/C=C/C(=O)N2C(=O)OC[C@H]2c2ccccc2)c(Cl)c1. The van der Waals surface area contributed by atoms with Gasteiger partial charge in [0.05, 0.1) is 0 Å². The van der Waals surface area contributed by atoms with Crippen LogP contribution in [0.15, 0.2) is 54.6 Å². The van der Waals surface area contributed by atoms with Crippen molar-refractivity contribution in [2.45, 2.75) is 13.0 Å². The maximum absolute atomic E-state index is 12.5. The second-order valence-corrected chi connectivity index (χ2v) is 5.98. The minimum absolute atomic E-state index is 0.160. The molecule has 4 nitrogen and oxygen atoms in total. The lowest BCUT2D eigenvalue weighted by atomic mass is 10.1. The zero-order valence-corrected chi connectivity index (χ0v) is 13.9. The first-order valence-corrected chi connectivity index (χ1v) is 7.93. The molecule has 1 saturated heterocycles. The lowest BCUT2D eigenvalue weighted by molar-refractivity contribution is -0.124. The molecule has 0 radical (unpaired) electrons. The van der Waals surface area contributed by atoms with Gasteiger partial charge in [0.15, 0.2) is 0 Å². The molecule has 0 N–H and O–H groups in total. The summed E-state index contributed by atoms with van der Waals surface area (Å²) in [6, 6.07) is 14.5. The smallest absolute Gasteiger partial charge is 0.417 e. The van der Waals surface area contributed by atoms with Crippen LogP contribution < -0.4 is 0 Å². The number of hydrogen-bond donors (Lipinski definition) is 0. The third-order valence-corrected chi connectivity index (χ3v) is 4.18. The van der Waals surface area contributed by atoms with Crippen LogP contribution in [0.4, 0.5) is 4.79 Å². The fraction of sp³-hybridized carbons (Fsp3) is 0.158. The molecule has 1 aliphatic heterocycles. The Bertz CT molecular complexity index is 802. The van der Waals surface area contributed by atoms with E-state index in [-0.39, 0.29) is 6.61 Å². The maximum Gasteiger partial charge on any atom is 0.417 e. The first-order chi connectivity index (χ1) is 11.6. The normalized spacial score (nSPS) is 17.3. The highest BCUT2D eigenvalue weighted by molar-refractivity contribution is 6.32. The summed E-state index contributed by atoms with van der Waals surface area (Å²) >= 11 is 6.16. The van der Waals surface area contributed by atoms with E-state index in [1.54, 1.807) is 6.08 Å². The van der Waals surface area contributed by atoms with Crippen LogP contribution in [-0.2, 0) is 9.53 Å². The van der Waals surface area contributed by atoms with E-state index in [2.05, 4.69) is 0 Å². The van der Waals surface area contributed by atoms with Gasteiger partial charge in [-0.3, -0.25) is 4.79 Å². The summed E-state index contributed by atoms with van der Waals surface area (Å²) in [5.41, 5.74) is 2.62. The predicted molar refractivity (Wildman–Crippen MR) is 92.6 cm³/mol. The van der Waals surface area contributed by atoms with Gasteiger partial charge in [0.1, 0.15) is 12.6 Å².